The van der Waals surface area contributed by atoms with Crippen LogP contribution in [0, 0.1) is 0 Å². The predicted molar refractivity (Wildman–Crippen MR) is 60.3 cm³/mol. The van der Waals surface area contributed by atoms with Gasteiger partial charge in [-0.3, -0.25) is 0 Å². The topological polar surface area (TPSA) is 24.9 Å². The molecule has 0 spiro atoms. The average Bonchev–Trinajstić information content (AvgIpc) is 2.72. The van der Waals surface area contributed by atoms with E-state index in [1.165, 1.54) is 11.1 Å². The molecular weight excluding hydrogens is 192 g/mol. The quantitative estimate of drug-likeness (QED) is 0.831. The summed E-state index contributed by atoms with van der Waals surface area (Å²) < 4.78 is 0. The molecule has 2 nitrogen and oxygen atoms in total. The van der Waals surface area contributed by atoms with E-state index in [2.05, 4.69) is 33.9 Å². The van der Waals surface area contributed by atoms with Crippen LogP contribution < -0.4 is 5.32 Å². The molecule has 1 aromatic carbocycles. The first-order valence-electron chi connectivity index (χ1n) is 4.53. The Morgan fingerprint density at radius 3 is 2.93 bits per heavy atom. The van der Waals surface area contributed by atoms with Gasteiger partial charge in [0.2, 0.25) is 0 Å². The van der Waals surface area contributed by atoms with Crippen molar-refractivity contribution in [3.8, 4) is 11.3 Å². The van der Waals surface area contributed by atoms with Crippen LogP contribution in [-0.2, 0) is 6.54 Å². The van der Waals surface area contributed by atoms with Crippen molar-refractivity contribution in [2.24, 2.45) is 0 Å². The van der Waals surface area contributed by atoms with Gasteiger partial charge in [0, 0.05) is 17.5 Å². The van der Waals surface area contributed by atoms with Crippen LogP contribution >= 0.6 is 11.3 Å². The van der Waals surface area contributed by atoms with Gasteiger partial charge in [-0.05, 0) is 12.6 Å². The number of aromatic nitrogens is 1. The van der Waals surface area contributed by atoms with Crippen LogP contribution in [0.25, 0.3) is 11.3 Å². The lowest BCUT2D eigenvalue weighted by Gasteiger charge is -2.05. The monoisotopic (exact) mass is 204 g/mol. The van der Waals surface area contributed by atoms with E-state index < -0.39 is 0 Å². The molecule has 0 saturated carbocycles. The predicted octanol–water partition coefficient (Wildman–Crippen LogP) is 2.53. The van der Waals surface area contributed by atoms with Crippen LogP contribution in [0.5, 0.6) is 0 Å². The third-order valence-corrected chi connectivity index (χ3v) is 2.68. The summed E-state index contributed by atoms with van der Waals surface area (Å²) in [4.78, 5) is 4.32. The van der Waals surface area contributed by atoms with Crippen LogP contribution in [0.4, 0.5) is 0 Å². The van der Waals surface area contributed by atoms with Gasteiger partial charge in [-0.25, -0.2) is 4.98 Å². The van der Waals surface area contributed by atoms with E-state index in [0.29, 0.717) is 0 Å². The smallest absolute Gasteiger partial charge is 0.0814 e. The van der Waals surface area contributed by atoms with Gasteiger partial charge in [0.1, 0.15) is 0 Å². The Kier molecular flexibility index (Phi) is 2.91. The fraction of sp³-hybridized carbons (Fsp3) is 0.182. The fourth-order valence-electron chi connectivity index (χ4n) is 1.46. The molecule has 3 heteroatoms. The minimum Gasteiger partial charge on any atom is -0.316 e. The molecule has 2 aromatic rings. The summed E-state index contributed by atoms with van der Waals surface area (Å²) in [7, 11) is 1.96. The molecule has 1 aromatic heterocycles. The molecule has 14 heavy (non-hydrogen) atoms. The first-order chi connectivity index (χ1) is 6.92. The maximum Gasteiger partial charge on any atom is 0.0814 e. The van der Waals surface area contributed by atoms with Crippen LogP contribution in [0.15, 0.2) is 35.2 Å². The molecule has 0 aliphatic heterocycles. The number of hydrogen-bond acceptors (Lipinski definition) is 3. The average molecular weight is 204 g/mol. The Balaban J connectivity index is 2.42. The van der Waals surface area contributed by atoms with Crippen molar-refractivity contribution in [3.63, 3.8) is 0 Å². The molecule has 0 aliphatic carbocycles. The summed E-state index contributed by atoms with van der Waals surface area (Å²) >= 11 is 1.63. The van der Waals surface area contributed by atoms with Gasteiger partial charge < -0.3 is 5.32 Å². The minimum atomic E-state index is 0.883. The Morgan fingerprint density at radius 1 is 1.36 bits per heavy atom. The van der Waals surface area contributed by atoms with Gasteiger partial charge in [-0.2, -0.15) is 0 Å². The van der Waals surface area contributed by atoms with Crippen molar-refractivity contribution in [1.82, 2.24) is 10.3 Å². The lowest BCUT2D eigenvalue weighted by atomic mass is 10.1. The molecule has 0 saturated heterocycles. The SMILES string of the molecule is CNCc1ccccc1-c1cscn1. The van der Waals surface area contributed by atoms with Crippen LogP contribution in [0.3, 0.4) is 0 Å². The van der Waals surface area contributed by atoms with Crippen LogP contribution in [-0.4, -0.2) is 12.0 Å². The lowest BCUT2D eigenvalue weighted by molar-refractivity contribution is 0.819. The molecule has 0 aliphatic rings. The molecular formula is C11H12N2S. The molecule has 0 atom stereocenters. The summed E-state index contributed by atoms with van der Waals surface area (Å²) in [6.45, 7) is 0.883. The largest absolute Gasteiger partial charge is 0.316 e. The van der Waals surface area contributed by atoms with Crippen LogP contribution in [0.1, 0.15) is 5.56 Å². The second kappa shape index (κ2) is 4.35. The number of thiazole rings is 1. The van der Waals surface area contributed by atoms with E-state index in [-0.39, 0.29) is 0 Å². The van der Waals surface area contributed by atoms with E-state index in [1.807, 2.05) is 18.6 Å². The second-order valence-electron chi connectivity index (χ2n) is 3.06. The Morgan fingerprint density at radius 2 is 2.21 bits per heavy atom. The normalized spacial score (nSPS) is 10.4. The number of hydrogen-bond donors (Lipinski definition) is 1. The van der Waals surface area contributed by atoms with E-state index >= 15 is 0 Å². The minimum absolute atomic E-state index is 0.883. The summed E-state index contributed by atoms with van der Waals surface area (Å²) in [5.41, 5.74) is 5.45. The van der Waals surface area contributed by atoms with Gasteiger partial charge in [0.15, 0.2) is 0 Å². The number of nitrogens with one attached hydrogen (secondary N) is 1. The molecule has 0 bridgehead atoms. The first-order valence-corrected chi connectivity index (χ1v) is 5.47. The second-order valence-corrected chi connectivity index (χ2v) is 3.78. The summed E-state index contributed by atoms with van der Waals surface area (Å²) in [5.74, 6) is 0. The highest BCUT2D eigenvalue weighted by molar-refractivity contribution is 7.07. The fourth-order valence-corrected chi connectivity index (χ4v) is 2.01. The van der Waals surface area contributed by atoms with E-state index in [4.69, 9.17) is 0 Å². The lowest BCUT2D eigenvalue weighted by Crippen LogP contribution is -2.06. The van der Waals surface area contributed by atoms with Crippen molar-refractivity contribution in [2.45, 2.75) is 6.54 Å². The van der Waals surface area contributed by atoms with Gasteiger partial charge in [0.05, 0.1) is 11.2 Å². The highest BCUT2D eigenvalue weighted by Gasteiger charge is 2.04. The third kappa shape index (κ3) is 1.84. The van der Waals surface area contributed by atoms with Crippen molar-refractivity contribution >= 4 is 11.3 Å². The first kappa shape index (κ1) is 9.37. The molecule has 0 radical (unpaired) electrons. The summed E-state index contributed by atoms with van der Waals surface area (Å²) in [5, 5.41) is 5.24. The molecule has 0 unspecified atom stereocenters. The van der Waals surface area contributed by atoms with Crippen molar-refractivity contribution in [3.05, 3.63) is 40.7 Å². The zero-order valence-corrected chi connectivity index (χ0v) is 8.84. The van der Waals surface area contributed by atoms with Gasteiger partial charge in [-0.1, -0.05) is 24.3 Å². The van der Waals surface area contributed by atoms with Crippen LogP contribution in [0.2, 0.25) is 0 Å². The maximum atomic E-state index is 4.32. The number of nitrogens with zero attached hydrogens (tertiary/aromatic N) is 1. The van der Waals surface area contributed by atoms with E-state index in [1.54, 1.807) is 11.3 Å². The highest BCUT2D eigenvalue weighted by atomic mass is 32.1. The van der Waals surface area contributed by atoms with E-state index in [0.717, 1.165) is 12.2 Å². The maximum absolute atomic E-state index is 4.32. The standard InChI is InChI=1S/C11H12N2S/c1-12-6-9-4-2-3-5-10(9)11-7-14-8-13-11/h2-5,7-8,12H,6H2,1H3. The third-order valence-electron chi connectivity index (χ3n) is 2.09. The van der Waals surface area contributed by atoms with Crippen molar-refractivity contribution in [2.75, 3.05) is 7.05 Å². The Bertz CT molecular complexity index is 395. The number of benzene rings is 1. The van der Waals surface area contributed by atoms with Crippen molar-refractivity contribution in [1.29, 1.82) is 0 Å². The Hall–Kier alpha value is -1.19. The van der Waals surface area contributed by atoms with Gasteiger partial charge >= 0.3 is 0 Å². The molecule has 0 amide bonds. The van der Waals surface area contributed by atoms with Crippen molar-refractivity contribution < 1.29 is 0 Å². The Labute approximate surface area is 87.6 Å². The highest BCUT2D eigenvalue weighted by Crippen LogP contribution is 2.22. The van der Waals surface area contributed by atoms with E-state index in [9.17, 15) is 0 Å². The number of rotatable bonds is 3. The zero-order chi connectivity index (χ0) is 9.80. The molecule has 2 rings (SSSR count). The zero-order valence-electron chi connectivity index (χ0n) is 8.03. The summed E-state index contributed by atoms with van der Waals surface area (Å²) in [6, 6.07) is 8.35. The molecule has 1 N–H and O–H groups in total. The molecule has 72 valence electrons. The summed E-state index contributed by atoms with van der Waals surface area (Å²) in [6.07, 6.45) is 0. The van der Waals surface area contributed by atoms with Gasteiger partial charge in [0.25, 0.3) is 0 Å². The molecule has 0 fully saturated rings. The van der Waals surface area contributed by atoms with Gasteiger partial charge in [-0.15, -0.1) is 11.3 Å². The molecule has 1 heterocycles.